The minimum Gasteiger partial charge on any atom is -0.322 e. The minimum atomic E-state index is -3.63. The highest BCUT2D eigenvalue weighted by molar-refractivity contribution is 7.89. The van der Waals surface area contributed by atoms with Gasteiger partial charge in [-0.2, -0.15) is 0 Å². The predicted octanol–water partition coefficient (Wildman–Crippen LogP) is 8.49. The summed E-state index contributed by atoms with van der Waals surface area (Å²) in [5.41, 5.74) is 3.03. The van der Waals surface area contributed by atoms with E-state index in [0.29, 0.717) is 17.2 Å². The van der Waals surface area contributed by atoms with Gasteiger partial charge in [0.25, 0.3) is 5.91 Å². The van der Waals surface area contributed by atoms with Crippen molar-refractivity contribution >= 4 is 32.5 Å². The maximum Gasteiger partial charge on any atom is 0.256 e. The molecule has 0 radical (unpaired) electrons. The number of hydrogen-bond acceptors (Lipinski definition) is 4. The van der Waals surface area contributed by atoms with Gasteiger partial charge in [-0.3, -0.25) is 9.78 Å². The van der Waals surface area contributed by atoms with Gasteiger partial charge in [0, 0.05) is 28.7 Å². The molecule has 2 fully saturated rings. The second-order valence-electron chi connectivity index (χ2n) is 12.0. The van der Waals surface area contributed by atoms with Crippen LogP contribution in [0.25, 0.3) is 10.9 Å². The van der Waals surface area contributed by atoms with Gasteiger partial charge in [0.05, 0.1) is 16.0 Å². The zero-order chi connectivity index (χ0) is 28.5. The van der Waals surface area contributed by atoms with Crippen molar-refractivity contribution in [3.63, 3.8) is 0 Å². The Bertz CT molecular complexity index is 1390. The van der Waals surface area contributed by atoms with Crippen molar-refractivity contribution in [1.29, 1.82) is 0 Å². The molecule has 2 saturated carbocycles. The van der Waals surface area contributed by atoms with Crippen LogP contribution in [0, 0.1) is 0 Å². The number of amides is 1. The number of benzene rings is 2. The Morgan fingerprint density at radius 1 is 0.707 bits per heavy atom. The monoisotopic (exact) mass is 575 g/mol. The first kappa shape index (κ1) is 29.7. The van der Waals surface area contributed by atoms with Crippen molar-refractivity contribution in [2.24, 2.45) is 0 Å². The fourth-order valence-electron chi connectivity index (χ4n) is 6.48. The molecule has 0 atom stereocenters. The van der Waals surface area contributed by atoms with Gasteiger partial charge in [0.15, 0.2) is 0 Å². The number of nitrogens with zero attached hydrogens (tertiary/aromatic N) is 1. The van der Waals surface area contributed by atoms with Gasteiger partial charge in [-0.1, -0.05) is 95.2 Å². The number of sulfonamides is 1. The molecule has 2 aliphatic carbocycles. The Kier molecular flexibility index (Phi) is 10.4. The summed E-state index contributed by atoms with van der Waals surface area (Å²) in [6.07, 6.45) is 18.4. The van der Waals surface area contributed by atoms with Gasteiger partial charge < -0.3 is 5.32 Å². The third kappa shape index (κ3) is 8.16. The summed E-state index contributed by atoms with van der Waals surface area (Å²) in [4.78, 5) is 18.8. The van der Waals surface area contributed by atoms with E-state index < -0.39 is 10.0 Å². The number of para-hydroxylation sites is 1. The second kappa shape index (κ2) is 14.4. The van der Waals surface area contributed by atoms with Crippen LogP contribution >= 0.6 is 0 Å². The summed E-state index contributed by atoms with van der Waals surface area (Å²) in [7, 11) is -3.63. The maximum atomic E-state index is 13.6. The molecule has 5 rings (SSSR count). The quantitative estimate of drug-likeness (QED) is 0.308. The summed E-state index contributed by atoms with van der Waals surface area (Å²) >= 11 is 0. The molecule has 1 heterocycles. The SMILES string of the molecule is O=C(Nc1ccc(S(=O)(=O)NC2CCCCCCCCC2)cc1)c1cc(C2CCCCCCC2)nc2ccccc12. The summed E-state index contributed by atoms with van der Waals surface area (Å²) < 4.78 is 29.3. The fourth-order valence-corrected chi connectivity index (χ4v) is 7.78. The van der Waals surface area contributed by atoms with Crippen LogP contribution in [0.4, 0.5) is 5.69 Å². The Morgan fingerprint density at radius 2 is 1.27 bits per heavy atom. The number of carbonyl (C=O) groups is 1. The maximum absolute atomic E-state index is 13.6. The molecule has 1 amide bonds. The Balaban J connectivity index is 1.30. The van der Waals surface area contributed by atoms with E-state index in [4.69, 9.17) is 4.98 Å². The molecule has 2 aromatic carbocycles. The molecule has 7 heteroatoms. The van der Waals surface area contributed by atoms with Crippen LogP contribution in [-0.4, -0.2) is 25.4 Å². The van der Waals surface area contributed by atoms with Crippen LogP contribution in [0.2, 0.25) is 0 Å². The molecule has 6 nitrogen and oxygen atoms in total. The second-order valence-corrected chi connectivity index (χ2v) is 13.7. The predicted molar refractivity (Wildman–Crippen MR) is 167 cm³/mol. The van der Waals surface area contributed by atoms with Crippen molar-refractivity contribution in [1.82, 2.24) is 9.71 Å². The van der Waals surface area contributed by atoms with Crippen molar-refractivity contribution in [3.8, 4) is 0 Å². The van der Waals surface area contributed by atoms with Gasteiger partial charge in [0.1, 0.15) is 0 Å². The highest BCUT2D eigenvalue weighted by Gasteiger charge is 2.22. The van der Waals surface area contributed by atoms with E-state index in [9.17, 15) is 13.2 Å². The molecular formula is C34H45N3O3S. The fraction of sp³-hybridized carbons (Fsp3) is 0.529. The average Bonchev–Trinajstić information content (AvgIpc) is 2.96. The molecule has 220 valence electrons. The first-order valence-corrected chi connectivity index (χ1v) is 17.3. The van der Waals surface area contributed by atoms with Gasteiger partial charge >= 0.3 is 0 Å². The summed E-state index contributed by atoms with van der Waals surface area (Å²) in [6, 6.07) is 16.3. The highest BCUT2D eigenvalue weighted by Crippen LogP contribution is 2.32. The Labute approximate surface area is 245 Å². The van der Waals surface area contributed by atoms with E-state index >= 15 is 0 Å². The molecule has 0 unspecified atom stereocenters. The zero-order valence-electron chi connectivity index (χ0n) is 24.2. The summed E-state index contributed by atoms with van der Waals surface area (Å²) in [6.45, 7) is 0. The first-order chi connectivity index (χ1) is 20.0. The molecule has 41 heavy (non-hydrogen) atoms. The number of hydrogen-bond donors (Lipinski definition) is 2. The number of anilines is 1. The number of rotatable bonds is 6. The van der Waals surface area contributed by atoms with E-state index in [1.165, 1.54) is 64.2 Å². The topological polar surface area (TPSA) is 88.2 Å². The lowest BCUT2D eigenvalue weighted by atomic mass is 9.87. The van der Waals surface area contributed by atoms with Crippen LogP contribution in [0.5, 0.6) is 0 Å². The largest absolute Gasteiger partial charge is 0.322 e. The van der Waals surface area contributed by atoms with Crippen LogP contribution in [-0.2, 0) is 10.0 Å². The van der Waals surface area contributed by atoms with Gasteiger partial charge in [-0.15, -0.1) is 0 Å². The molecule has 0 bridgehead atoms. The molecule has 2 N–H and O–H groups in total. The van der Waals surface area contributed by atoms with E-state index in [1.54, 1.807) is 24.3 Å². The van der Waals surface area contributed by atoms with E-state index in [0.717, 1.165) is 55.1 Å². The highest BCUT2D eigenvalue weighted by atomic mass is 32.2. The third-order valence-electron chi connectivity index (χ3n) is 8.85. The number of pyridine rings is 1. The molecule has 3 aromatic rings. The first-order valence-electron chi connectivity index (χ1n) is 15.8. The zero-order valence-corrected chi connectivity index (χ0v) is 25.1. The molecular weight excluding hydrogens is 530 g/mol. The number of nitrogens with one attached hydrogen (secondary N) is 2. The van der Waals surface area contributed by atoms with Crippen LogP contribution in [0.3, 0.4) is 0 Å². The van der Waals surface area contributed by atoms with E-state index in [-0.39, 0.29) is 16.8 Å². The molecule has 0 spiro atoms. The van der Waals surface area contributed by atoms with Crippen LogP contribution in [0.1, 0.15) is 125 Å². The smallest absolute Gasteiger partial charge is 0.256 e. The van der Waals surface area contributed by atoms with Gasteiger partial charge in [-0.25, -0.2) is 13.1 Å². The van der Waals surface area contributed by atoms with Crippen LogP contribution in [0.15, 0.2) is 59.5 Å². The number of fused-ring (bicyclic) bond motifs is 1. The molecule has 2 aliphatic rings. The van der Waals surface area contributed by atoms with E-state index in [2.05, 4.69) is 10.0 Å². The standard InChI is InChI=1S/C34H45N3O3S/c38-34(31-25-33(26-15-9-5-4-6-10-16-26)36-32-20-14-13-19-30(31)32)35-27-21-23-29(24-22-27)41(39,40)37-28-17-11-7-2-1-3-8-12-18-28/h13-14,19-26,28,37H,1-12,15-18H2,(H,35,38). The normalized spacial score (nSPS) is 18.8. The lowest BCUT2D eigenvalue weighted by Crippen LogP contribution is -2.35. The Hall–Kier alpha value is -2.77. The Morgan fingerprint density at radius 3 is 1.90 bits per heavy atom. The lowest BCUT2D eigenvalue weighted by Gasteiger charge is -2.21. The van der Waals surface area contributed by atoms with Crippen molar-refractivity contribution in [2.45, 2.75) is 120 Å². The third-order valence-corrected chi connectivity index (χ3v) is 10.4. The van der Waals surface area contributed by atoms with Crippen LogP contribution < -0.4 is 10.0 Å². The van der Waals surface area contributed by atoms with Gasteiger partial charge in [0.2, 0.25) is 10.0 Å². The van der Waals surface area contributed by atoms with E-state index in [1.807, 2.05) is 30.3 Å². The number of aromatic nitrogens is 1. The minimum absolute atomic E-state index is 0.0236. The van der Waals surface area contributed by atoms with Gasteiger partial charge in [-0.05, 0) is 62.1 Å². The van der Waals surface area contributed by atoms with Crippen molar-refractivity contribution in [2.75, 3.05) is 5.32 Å². The average molecular weight is 576 g/mol. The molecule has 0 saturated heterocycles. The molecule has 0 aliphatic heterocycles. The van der Waals surface area contributed by atoms with Crippen molar-refractivity contribution in [3.05, 3.63) is 65.9 Å². The number of carbonyl (C=O) groups excluding carboxylic acids is 1. The summed E-state index contributed by atoms with van der Waals surface area (Å²) in [5, 5.41) is 3.84. The lowest BCUT2D eigenvalue weighted by molar-refractivity contribution is 0.102. The molecule has 1 aromatic heterocycles. The van der Waals surface area contributed by atoms with Crippen molar-refractivity contribution < 1.29 is 13.2 Å². The summed E-state index contributed by atoms with van der Waals surface area (Å²) in [5.74, 6) is 0.168.